The van der Waals surface area contributed by atoms with Crippen LogP contribution in [-0.4, -0.2) is 57.0 Å². The number of rotatable bonds is 7. The van der Waals surface area contributed by atoms with Gasteiger partial charge in [0.1, 0.15) is 9.84 Å². The monoisotopic (exact) mass is 294 g/mol. The Morgan fingerprint density at radius 3 is 2.67 bits per heavy atom. The first-order valence-corrected chi connectivity index (χ1v) is 9.35. The van der Waals surface area contributed by atoms with Gasteiger partial charge in [-0.1, -0.05) is 0 Å². The molecule has 0 radical (unpaired) electrons. The van der Waals surface area contributed by atoms with Gasteiger partial charge in [-0.2, -0.15) is 0 Å². The summed E-state index contributed by atoms with van der Waals surface area (Å²) in [5.74, 6) is 0.616. The summed E-state index contributed by atoms with van der Waals surface area (Å²) in [4.78, 5) is 11.5. The number of carbonyl (C=O) groups excluding carboxylic acids is 1. The average molecular weight is 294 g/mol. The van der Waals surface area contributed by atoms with E-state index in [1.54, 1.807) is 11.8 Å². The van der Waals surface area contributed by atoms with Gasteiger partial charge in [0.2, 0.25) is 5.91 Å². The second-order valence-corrected chi connectivity index (χ2v) is 8.14. The minimum absolute atomic E-state index is 0.00651. The van der Waals surface area contributed by atoms with Crippen LogP contribution in [0.25, 0.3) is 0 Å². The third-order valence-corrected chi connectivity index (χ3v) is 5.15. The standard InChI is InChI=1S/C11H22N2O3S2/c1-18(15,16)8-2-5-13-11(14)9-17-10-3-6-12-7-4-10/h10,12H,2-9H2,1H3,(H,13,14). The van der Waals surface area contributed by atoms with Crippen molar-refractivity contribution in [1.82, 2.24) is 10.6 Å². The van der Waals surface area contributed by atoms with E-state index in [2.05, 4.69) is 10.6 Å². The second-order valence-electron chi connectivity index (χ2n) is 4.59. The van der Waals surface area contributed by atoms with E-state index in [1.807, 2.05) is 0 Å². The number of amides is 1. The first-order chi connectivity index (χ1) is 8.47. The average Bonchev–Trinajstić information content (AvgIpc) is 2.32. The molecular weight excluding hydrogens is 272 g/mol. The third-order valence-electron chi connectivity index (χ3n) is 2.75. The summed E-state index contributed by atoms with van der Waals surface area (Å²) >= 11 is 1.70. The van der Waals surface area contributed by atoms with Gasteiger partial charge in [-0.25, -0.2) is 8.42 Å². The predicted molar refractivity (Wildman–Crippen MR) is 75.7 cm³/mol. The molecule has 106 valence electrons. The van der Waals surface area contributed by atoms with Crippen molar-refractivity contribution in [2.75, 3.05) is 37.4 Å². The zero-order valence-corrected chi connectivity index (χ0v) is 12.4. The summed E-state index contributed by atoms with van der Waals surface area (Å²) in [6, 6.07) is 0. The molecule has 0 spiro atoms. The molecule has 5 nitrogen and oxygen atoms in total. The van der Waals surface area contributed by atoms with Crippen LogP contribution in [0.4, 0.5) is 0 Å². The van der Waals surface area contributed by atoms with Gasteiger partial charge in [-0.05, 0) is 32.4 Å². The lowest BCUT2D eigenvalue weighted by molar-refractivity contribution is -0.118. The maximum absolute atomic E-state index is 11.5. The predicted octanol–water partition coefficient (Wildman–Crippen LogP) is 0.0225. The fourth-order valence-corrected chi connectivity index (χ4v) is 3.50. The number of piperidine rings is 1. The van der Waals surface area contributed by atoms with Gasteiger partial charge in [-0.3, -0.25) is 4.79 Å². The molecular formula is C11H22N2O3S2. The van der Waals surface area contributed by atoms with Gasteiger partial charge >= 0.3 is 0 Å². The van der Waals surface area contributed by atoms with Gasteiger partial charge < -0.3 is 10.6 Å². The molecule has 1 fully saturated rings. The first kappa shape index (κ1) is 15.8. The fraction of sp³-hybridized carbons (Fsp3) is 0.909. The van der Waals surface area contributed by atoms with Crippen molar-refractivity contribution in [2.24, 2.45) is 0 Å². The summed E-state index contributed by atoms with van der Waals surface area (Å²) in [6.45, 7) is 2.51. The number of thioether (sulfide) groups is 1. The van der Waals surface area contributed by atoms with E-state index >= 15 is 0 Å². The number of nitrogens with one attached hydrogen (secondary N) is 2. The van der Waals surface area contributed by atoms with Crippen molar-refractivity contribution >= 4 is 27.5 Å². The molecule has 0 bridgehead atoms. The Kier molecular flexibility index (Phi) is 7.03. The van der Waals surface area contributed by atoms with Gasteiger partial charge in [0, 0.05) is 18.1 Å². The highest BCUT2D eigenvalue weighted by Crippen LogP contribution is 2.19. The van der Waals surface area contributed by atoms with E-state index in [-0.39, 0.29) is 11.7 Å². The number of hydrogen-bond acceptors (Lipinski definition) is 5. The highest BCUT2D eigenvalue weighted by atomic mass is 32.2. The van der Waals surface area contributed by atoms with Crippen LogP contribution in [-0.2, 0) is 14.6 Å². The summed E-state index contributed by atoms with van der Waals surface area (Å²) in [7, 11) is -2.91. The van der Waals surface area contributed by atoms with Crippen molar-refractivity contribution in [1.29, 1.82) is 0 Å². The summed E-state index contributed by atoms with van der Waals surface area (Å²) in [5, 5.41) is 6.62. The Morgan fingerprint density at radius 1 is 1.39 bits per heavy atom. The SMILES string of the molecule is CS(=O)(=O)CCCNC(=O)CSC1CCNCC1. The Hall–Kier alpha value is -0.270. The molecule has 18 heavy (non-hydrogen) atoms. The van der Waals surface area contributed by atoms with Crippen LogP contribution in [0.3, 0.4) is 0 Å². The van der Waals surface area contributed by atoms with Crippen LogP contribution < -0.4 is 10.6 Å². The lowest BCUT2D eigenvalue weighted by Gasteiger charge is -2.21. The zero-order chi connectivity index (χ0) is 13.4. The van der Waals surface area contributed by atoms with E-state index < -0.39 is 9.84 Å². The molecule has 1 saturated heterocycles. The first-order valence-electron chi connectivity index (χ1n) is 6.24. The van der Waals surface area contributed by atoms with E-state index in [4.69, 9.17) is 0 Å². The normalized spacial score (nSPS) is 17.6. The van der Waals surface area contributed by atoms with Crippen LogP contribution >= 0.6 is 11.8 Å². The summed E-state index contributed by atoms with van der Waals surface area (Å²) in [5.41, 5.74) is 0. The molecule has 7 heteroatoms. The van der Waals surface area contributed by atoms with Gasteiger partial charge in [0.25, 0.3) is 0 Å². The Bertz CT molecular complexity index is 351. The maximum Gasteiger partial charge on any atom is 0.230 e. The second kappa shape index (κ2) is 8.01. The van der Waals surface area contributed by atoms with E-state index in [0.717, 1.165) is 25.9 Å². The van der Waals surface area contributed by atoms with Crippen LogP contribution in [0.15, 0.2) is 0 Å². The largest absolute Gasteiger partial charge is 0.355 e. The quantitative estimate of drug-likeness (QED) is 0.648. The molecule has 1 rings (SSSR count). The van der Waals surface area contributed by atoms with E-state index in [1.165, 1.54) is 6.26 Å². The van der Waals surface area contributed by atoms with Crippen LogP contribution in [0.5, 0.6) is 0 Å². The molecule has 0 saturated carbocycles. The zero-order valence-electron chi connectivity index (χ0n) is 10.8. The molecule has 0 atom stereocenters. The van der Waals surface area contributed by atoms with Crippen molar-refractivity contribution < 1.29 is 13.2 Å². The molecule has 0 aromatic rings. The molecule has 1 heterocycles. The van der Waals surface area contributed by atoms with Crippen LogP contribution in [0.1, 0.15) is 19.3 Å². The molecule has 1 amide bonds. The molecule has 0 aromatic carbocycles. The molecule has 1 aliphatic rings. The Labute approximate surface area is 113 Å². The summed E-state index contributed by atoms with van der Waals surface area (Å²) < 4.78 is 21.8. The van der Waals surface area contributed by atoms with Crippen LogP contribution in [0, 0.1) is 0 Å². The van der Waals surface area contributed by atoms with Crippen molar-refractivity contribution in [3.8, 4) is 0 Å². The van der Waals surface area contributed by atoms with Crippen molar-refractivity contribution in [3.05, 3.63) is 0 Å². The molecule has 2 N–H and O–H groups in total. The smallest absolute Gasteiger partial charge is 0.230 e. The molecule has 0 aromatic heterocycles. The van der Waals surface area contributed by atoms with E-state index in [0.29, 0.717) is 24.0 Å². The lowest BCUT2D eigenvalue weighted by Crippen LogP contribution is -2.32. The third kappa shape index (κ3) is 7.94. The number of hydrogen-bond donors (Lipinski definition) is 2. The Balaban J connectivity index is 2.03. The topological polar surface area (TPSA) is 75.3 Å². The Morgan fingerprint density at radius 2 is 2.06 bits per heavy atom. The van der Waals surface area contributed by atoms with Gasteiger partial charge in [0.15, 0.2) is 0 Å². The minimum Gasteiger partial charge on any atom is -0.355 e. The van der Waals surface area contributed by atoms with Crippen molar-refractivity contribution in [2.45, 2.75) is 24.5 Å². The van der Waals surface area contributed by atoms with Gasteiger partial charge in [0.05, 0.1) is 11.5 Å². The molecule has 1 aliphatic heterocycles. The maximum atomic E-state index is 11.5. The minimum atomic E-state index is -2.91. The van der Waals surface area contributed by atoms with Gasteiger partial charge in [-0.15, -0.1) is 11.8 Å². The molecule has 0 unspecified atom stereocenters. The van der Waals surface area contributed by atoms with Crippen LogP contribution in [0.2, 0.25) is 0 Å². The molecule has 0 aliphatic carbocycles. The lowest BCUT2D eigenvalue weighted by atomic mass is 10.2. The number of sulfone groups is 1. The fourth-order valence-electron chi connectivity index (χ4n) is 1.77. The summed E-state index contributed by atoms with van der Waals surface area (Å²) in [6.07, 6.45) is 3.93. The highest BCUT2D eigenvalue weighted by molar-refractivity contribution is 8.00. The number of carbonyl (C=O) groups is 1. The van der Waals surface area contributed by atoms with Crippen molar-refractivity contribution in [3.63, 3.8) is 0 Å². The highest BCUT2D eigenvalue weighted by Gasteiger charge is 2.14. The van der Waals surface area contributed by atoms with E-state index in [9.17, 15) is 13.2 Å².